The molecule has 1 aromatic rings. The molecule has 0 aliphatic carbocycles. The summed E-state index contributed by atoms with van der Waals surface area (Å²) in [7, 11) is 0. The Kier molecular flexibility index (Phi) is 6.62. The van der Waals surface area contributed by atoms with Crippen LogP contribution in [0.15, 0.2) is 30.3 Å². The maximum absolute atomic E-state index is 11.3. The van der Waals surface area contributed by atoms with E-state index in [0.717, 1.165) is 5.56 Å². The van der Waals surface area contributed by atoms with Crippen molar-refractivity contribution in [3.05, 3.63) is 35.9 Å². The molecule has 0 bridgehead atoms. The molecule has 6 heteroatoms. The van der Waals surface area contributed by atoms with E-state index in [-0.39, 0.29) is 12.6 Å². The minimum absolute atomic E-state index is 0. The van der Waals surface area contributed by atoms with E-state index in [1.54, 1.807) is 24.3 Å². The minimum atomic E-state index is -1.32. The second kappa shape index (κ2) is 7.41. The molecule has 0 aromatic heterocycles. The number of benzene rings is 1. The second-order valence-corrected chi connectivity index (χ2v) is 3.86. The van der Waals surface area contributed by atoms with Crippen LogP contribution in [0.1, 0.15) is 12.5 Å². The molecule has 0 aliphatic heterocycles. The summed E-state index contributed by atoms with van der Waals surface area (Å²) in [5.41, 5.74) is 6.16. The van der Waals surface area contributed by atoms with Crippen molar-refractivity contribution in [2.45, 2.75) is 25.4 Å². The number of aliphatic carboxylic acids is 1. The Hall–Kier alpha value is -1.92. The first-order chi connectivity index (χ1) is 8.00. The average Bonchev–Trinajstić information content (AvgIpc) is 2.29. The second-order valence-electron chi connectivity index (χ2n) is 3.86. The number of rotatable bonds is 5. The van der Waals surface area contributed by atoms with Crippen LogP contribution in [0, 0.1) is 0 Å². The molecule has 0 unspecified atom stereocenters. The van der Waals surface area contributed by atoms with Crippen molar-refractivity contribution in [2.75, 3.05) is 0 Å². The Labute approximate surface area is 106 Å². The van der Waals surface area contributed by atoms with E-state index in [0.29, 0.717) is 0 Å². The number of carboxylic acid groups (broad SMARTS) is 1. The van der Waals surface area contributed by atoms with Gasteiger partial charge in [-0.15, -0.1) is 0 Å². The van der Waals surface area contributed by atoms with Crippen LogP contribution in [0.3, 0.4) is 0 Å². The van der Waals surface area contributed by atoms with Crippen LogP contribution >= 0.6 is 0 Å². The molecule has 0 heterocycles. The van der Waals surface area contributed by atoms with Crippen LogP contribution in [0.4, 0.5) is 0 Å². The summed E-state index contributed by atoms with van der Waals surface area (Å²) < 4.78 is 0. The van der Waals surface area contributed by atoms with Gasteiger partial charge in [-0.3, -0.25) is 4.79 Å². The summed E-state index contributed by atoms with van der Waals surface area (Å²) in [5.74, 6) is -1.82. The summed E-state index contributed by atoms with van der Waals surface area (Å²) in [5, 5.41) is 13.2. The smallest absolute Gasteiger partial charge is 0.237 e. The zero-order valence-corrected chi connectivity index (χ0v) is 10.6. The number of carbonyl (C=O) groups is 2. The number of amides is 1. The third kappa shape index (κ3) is 4.94. The third-order valence-electron chi connectivity index (χ3n) is 2.30. The zero-order valence-electron chi connectivity index (χ0n) is 10.6. The highest BCUT2D eigenvalue weighted by Gasteiger charge is 2.16. The number of hydrogen-bond acceptors (Lipinski definition) is 4. The summed E-state index contributed by atoms with van der Waals surface area (Å²) in [6, 6.07) is 7.20. The quantitative estimate of drug-likeness (QED) is 0.632. The Balaban J connectivity index is 0.00000289. The van der Waals surface area contributed by atoms with Crippen molar-refractivity contribution in [3.63, 3.8) is 0 Å². The van der Waals surface area contributed by atoms with Crippen molar-refractivity contribution < 1.29 is 14.7 Å². The Morgan fingerprint density at radius 1 is 1.33 bits per heavy atom. The van der Waals surface area contributed by atoms with Gasteiger partial charge in [0.1, 0.15) is 0 Å². The van der Waals surface area contributed by atoms with E-state index in [2.05, 4.69) is 5.32 Å². The highest BCUT2D eigenvalue weighted by molar-refractivity contribution is 5.86. The molecule has 2 atom stereocenters. The lowest BCUT2D eigenvalue weighted by molar-refractivity contribution is -0.308. The number of nitrogens with two attached hydrogens (primary N) is 1. The highest BCUT2D eigenvalue weighted by Crippen LogP contribution is 2.03. The molecule has 1 rings (SSSR count). The number of quaternary nitrogens is 1. The van der Waals surface area contributed by atoms with E-state index in [9.17, 15) is 14.7 Å². The standard InChI is InChI=1S/C12H16N2O3.H3N/c1-8(13)11(15)14-10(12(16)17)7-9-5-3-2-4-6-9;/h2-6,8,10H,7,13H2,1H3,(H,14,15)(H,16,17);1H3/t8-,10-;/m0./s1. The lowest BCUT2D eigenvalue weighted by Gasteiger charge is -2.20. The molecule has 0 saturated carbocycles. The lowest BCUT2D eigenvalue weighted by atomic mass is 10.1. The number of nitrogens with one attached hydrogen (secondary N) is 1. The van der Waals surface area contributed by atoms with Gasteiger partial charge in [-0.1, -0.05) is 30.3 Å². The Morgan fingerprint density at radius 2 is 1.89 bits per heavy atom. The van der Waals surface area contributed by atoms with Crippen molar-refractivity contribution in [1.29, 1.82) is 0 Å². The molecule has 7 N–H and O–H groups in total. The molecule has 100 valence electrons. The zero-order chi connectivity index (χ0) is 12.8. The number of carbonyl (C=O) groups excluding carboxylic acids is 2. The fraction of sp³-hybridized carbons (Fsp3) is 0.333. The molecular formula is C12H19N3O3. The SMILES string of the molecule is C[C@H](N)C(=O)N[C@@H](Cc1ccccc1)C(=O)[O-].[NH4+]. The van der Waals surface area contributed by atoms with Gasteiger partial charge in [-0.05, 0) is 18.9 Å². The van der Waals surface area contributed by atoms with Crippen LogP contribution in [0.5, 0.6) is 0 Å². The molecule has 18 heavy (non-hydrogen) atoms. The summed E-state index contributed by atoms with van der Waals surface area (Å²) in [4.78, 5) is 22.2. The molecule has 0 aliphatic rings. The fourth-order valence-corrected chi connectivity index (χ4v) is 1.35. The number of carboxylic acids is 1. The largest absolute Gasteiger partial charge is 0.548 e. The van der Waals surface area contributed by atoms with Crippen molar-refractivity contribution >= 4 is 11.9 Å². The molecule has 6 nitrogen and oxygen atoms in total. The molecular weight excluding hydrogens is 234 g/mol. The monoisotopic (exact) mass is 253 g/mol. The maximum Gasteiger partial charge on any atom is 0.237 e. The van der Waals surface area contributed by atoms with E-state index >= 15 is 0 Å². The Bertz CT molecular complexity index is 393. The topological polar surface area (TPSA) is 132 Å². The first kappa shape index (κ1) is 16.1. The normalized spacial score (nSPS) is 13.0. The van der Waals surface area contributed by atoms with Gasteiger partial charge >= 0.3 is 0 Å². The van der Waals surface area contributed by atoms with E-state index in [1.807, 2.05) is 6.07 Å². The van der Waals surface area contributed by atoms with Crippen LogP contribution < -0.4 is 22.3 Å². The Morgan fingerprint density at radius 3 is 2.33 bits per heavy atom. The van der Waals surface area contributed by atoms with E-state index in [1.165, 1.54) is 6.92 Å². The van der Waals surface area contributed by atoms with Gasteiger partial charge in [-0.2, -0.15) is 0 Å². The highest BCUT2D eigenvalue weighted by atomic mass is 16.4. The predicted molar refractivity (Wildman–Crippen MR) is 66.7 cm³/mol. The summed E-state index contributed by atoms with van der Waals surface area (Å²) in [6.45, 7) is 1.49. The van der Waals surface area contributed by atoms with Crippen LogP contribution in [-0.2, 0) is 16.0 Å². The third-order valence-corrected chi connectivity index (χ3v) is 2.30. The van der Waals surface area contributed by atoms with Crippen LogP contribution in [0.2, 0.25) is 0 Å². The fourth-order valence-electron chi connectivity index (χ4n) is 1.35. The molecule has 0 radical (unpaired) electrons. The van der Waals surface area contributed by atoms with Crippen molar-refractivity contribution in [3.8, 4) is 0 Å². The number of hydrogen-bond donors (Lipinski definition) is 3. The molecule has 0 spiro atoms. The summed E-state index contributed by atoms with van der Waals surface area (Å²) in [6.07, 6.45) is 0.182. The van der Waals surface area contributed by atoms with Crippen molar-refractivity contribution in [1.82, 2.24) is 11.5 Å². The molecule has 1 amide bonds. The lowest BCUT2D eigenvalue weighted by Crippen LogP contribution is -2.52. The first-order valence-corrected chi connectivity index (χ1v) is 5.31. The molecule has 0 saturated heterocycles. The summed E-state index contributed by atoms with van der Waals surface area (Å²) >= 11 is 0. The first-order valence-electron chi connectivity index (χ1n) is 5.31. The molecule has 1 aromatic carbocycles. The van der Waals surface area contributed by atoms with Gasteiger partial charge in [0.2, 0.25) is 5.91 Å². The van der Waals surface area contributed by atoms with Gasteiger partial charge in [0.15, 0.2) is 0 Å². The van der Waals surface area contributed by atoms with E-state index in [4.69, 9.17) is 5.73 Å². The maximum atomic E-state index is 11.3. The van der Waals surface area contributed by atoms with Gasteiger partial charge in [-0.25, -0.2) is 0 Å². The van der Waals surface area contributed by atoms with Gasteiger partial charge in [0, 0.05) is 0 Å². The van der Waals surface area contributed by atoms with Gasteiger partial charge in [0.25, 0.3) is 0 Å². The van der Waals surface area contributed by atoms with Crippen molar-refractivity contribution in [2.24, 2.45) is 5.73 Å². The van der Waals surface area contributed by atoms with Gasteiger partial charge < -0.3 is 27.1 Å². The average molecular weight is 253 g/mol. The van der Waals surface area contributed by atoms with E-state index < -0.39 is 24.0 Å². The van der Waals surface area contributed by atoms with Crippen LogP contribution in [-0.4, -0.2) is 24.0 Å². The van der Waals surface area contributed by atoms with Crippen LogP contribution in [0.25, 0.3) is 0 Å². The van der Waals surface area contributed by atoms with Gasteiger partial charge in [0.05, 0.1) is 18.1 Å². The predicted octanol–water partition coefficient (Wildman–Crippen LogP) is -0.813. The molecule has 0 fully saturated rings. The minimum Gasteiger partial charge on any atom is -0.548 e.